The molecule has 144 valence electrons. The molecule has 2 aromatic carbocycles. The molecule has 0 heterocycles. The van der Waals surface area contributed by atoms with Gasteiger partial charge < -0.3 is 0 Å². The standard InChI is InChI=1S/C12H10.3C4H9.CH3.Sn/c1-3-7-11(8-4-1)12-9-5-2-6-10-12;3*1-3-4-2;;/h1-10H;3*1,3-4H2,2H3;1H3;. The van der Waals surface area contributed by atoms with Crippen LogP contribution < -0.4 is 0 Å². The monoisotopic (exact) mass is 460 g/mol. The Balaban J connectivity index is 0.000000262. The maximum Gasteiger partial charge on any atom is -0.0184 e. The van der Waals surface area contributed by atoms with Crippen LogP contribution in [0.5, 0.6) is 0 Å². The molecule has 0 radical (unpaired) electrons. The van der Waals surface area contributed by atoms with E-state index >= 15 is 0 Å². The molecule has 0 saturated carbocycles. The number of hydrogen-bond acceptors (Lipinski definition) is 0. The van der Waals surface area contributed by atoms with Gasteiger partial charge in [0.2, 0.25) is 0 Å². The second-order valence-electron chi connectivity index (χ2n) is 7.85. The van der Waals surface area contributed by atoms with Crippen LogP contribution in [-0.4, -0.2) is 18.4 Å². The summed E-state index contributed by atoms with van der Waals surface area (Å²) in [5, 5.41) is 0. The number of rotatable bonds is 10. The zero-order valence-corrected chi connectivity index (χ0v) is 20.5. The molecular weight excluding hydrogens is 419 g/mol. The van der Waals surface area contributed by atoms with Gasteiger partial charge in [0.25, 0.3) is 0 Å². The van der Waals surface area contributed by atoms with Crippen molar-refractivity contribution in [1.82, 2.24) is 0 Å². The first-order valence-corrected chi connectivity index (χ1v) is 19.7. The summed E-state index contributed by atoms with van der Waals surface area (Å²) in [5.41, 5.74) is 2.55. The van der Waals surface area contributed by atoms with Gasteiger partial charge in [0, 0.05) is 0 Å². The maximum absolute atomic E-state index is 2.72. The minimum atomic E-state index is -1.56. The van der Waals surface area contributed by atoms with E-state index in [0.29, 0.717) is 0 Å². The quantitative estimate of drug-likeness (QED) is 0.312. The molecule has 0 aliphatic carbocycles. The topological polar surface area (TPSA) is 0 Å². The zero-order chi connectivity index (χ0) is 19.1. The minimum Gasteiger partial charge on any atom is -0.0622 e. The summed E-state index contributed by atoms with van der Waals surface area (Å²) >= 11 is -1.56. The summed E-state index contributed by atoms with van der Waals surface area (Å²) in [6.45, 7) is 7.02. The molecule has 0 spiro atoms. The summed E-state index contributed by atoms with van der Waals surface area (Å²) in [6, 6.07) is 20.8. The molecule has 0 unspecified atom stereocenters. The van der Waals surface area contributed by atoms with Crippen molar-refractivity contribution in [2.75, 3.05) is 0 Å². The van der Waals surface area contributed by atoms with Gasteiger partial charge in [-0.3, -0.25) is 0 Å². The van der Waals surface area contributed by atoms with E-state index in [-0.39, 0.29) is 0 Å². The van der Waals surface area contributed by atoms with Crippen LogP contribution >= 0.6 is 0 Å². The normalized spacial score (nSPS) is 10.9. The fourth-order valence-electron chi connectivity index (χ4n) is 3.45. The largest absolute Gasteiger partial charge is 0.0622 e. The zero-order valence-electron chi connectivity index (χ0n) is 17.6. The molecule has 0 amide bonds. The van der Waals surface area contributed by atoms with E-state index in [9.17, 15) is 0 Å². The summed E-state index contributed by atoms with van der Waals surface area (Å²) < 4.78 is 4.97. The SMILES string of the molecule is CCC[CH2][Sn]([CH3])([CH2]CCC)[CH2]CCC.c1ccc(-c2ccccc2)cc1. The first kappa shape index (κ1) is 23.3. The van der Waals surface area contributed by atoms with Gasteiger partial charge in [0.1, 0.15) is 0 Å². The van der Waals surface area contributed by atoms with Crippen molar-refractivity contribution in [3.8, 4) is 11.1 Å². The predicted molar refractivity (Wildman–Crippen MR) is 123 cm³/mol. The second-order valence-corrected chi connectivity index (χ2v) is 22.5. The fourth-order valence-corrected chi connectivity index (χ4v) is 15.9. The van der Waals surface area contributed by atoms with Crippen molar-refractivity contribution in [1.29, 1.82) is 0 Å². The summed E-state index contributed by atoms with van der Waals surface area (Å²) in [7, 11) is 0. The Kier molecular flexibility index (Phi) is 12.8. The first-order chi connectivity index (χ1) is 12.6. The number of hydrogen-bond donors (Lipinski definition) is 0. The number of unbranched alkanes of at least 4 members (excludes halogenated alkanes) is 3. The van der Waals surface area contributed by atoms with Gasteiger partial charge >= 0.3 is 95.9 Å². The molecule has 0 aliphatic rings. The van der Waals surface area contributed by atoms with Crippen molar-refractivity contribution >= 4 is 18.4 Å². The van der Waals surface area contributed by atoms with Gasteiger partial charge in [-0.25, -0.2) is 0 Å². The summed E-state index contributed by atoms with van der Waals surface area (Å²) in [6.07, 6.45) is 8.76. The third-order valence-corrected chi connectivity index (χ3v) is 18.6. The Morgan fingerprint density at radius 3 is 1.12 bits per heavy atom. The van der Waals surface area contributed by atoms with Gasteiger partial charge in [0.15, 0.2) is 0 Å². The molecule has 1 heteroatoms. The predicted octanol–water partition coefficient (Wildman–Crippen LogP) is 8.82. The molecule has 0 bridgehead atoms. The van der Waals surface area contributed by atoms with Crippen molar-refractivity contribution in [2.45, 2.75) is 77.5 Å². The molecule has 2 rings (SSSR count). The molecule has 0 saturated heterocycles. The van der Waals surface area contributed by atoms with Crippen LogP contribution in [0, 0.1) is 0 Å². The van der Waals surface area contributed by atoms with Crippen molar-refractivity contribution < 1.29 is 0 Å². The van der Waals surface area contributed by atoms with E-state index in [1.165, 1.54) is 49.7 Å². The van der Waals surface area contributed by atoms with Crippen LogP contribution in [0.2, 0.25) is 18.2 Å². The van der Waals surface area contributed by atoms with E-state index in [1.807, 2.05) is 12.1 Å². The third-order valence-electron chi connectivity index (χ3n) is 5.28. The summed E-state index contributed by atoms with van der Waals surface area (Å²) in [5.74, 6) is 0. The van der Waals surface area contributed by atoms with Gasteiger partial charge in [-0.05, 0) is 11.1 Å². The molecule has 0 atom stereocenters. The third kappa shape index (κ3) is 9.80. The second kappa shape index (κ2) is 14.3. The average molecular weight is 459 g/mol. The molecule has 0 nitrogen and oxygen atoms in total. The van der Waals surface area contributed by atoms with Crippen LogP contribution in [0.4, 0.5) is 0 Å². The minimum absolute atomic E-state index is 1.28. The van der Waals surface area contributed by atoms with Gasteiger partial charge in [-0.1, -0.05) is 60.7 Å². The van der Waals surface area contributed by atoms with E-state index in [2.05, 4.69) is 74.2 Å². The molecule has 0 N–H and O–H groups in total. The maximum atomic E-state index is 2.72. The van der Waals surface area contributed by atoms with Gasteiger partial charge in [-0.15, -0.1) is 0 Å². The summed E-state index contributed by atoms with van der Waals surface area (Å²) in [4.78, 5) is 2.72. The molecular formula is C25H40Sn. The van der Waals surface area contributed by atoms with Crippen LogP contribution in [0.25, 0.3) is 11.1 Å². The van der Waals surface area contributed by atoms with Gasteiger partial charge in [-0.2, -0.15) is 0 Å². The van der Waals surface area contributed by atoms with Crippen LogP contribution in [0.15, 0.2) is 60.7 Å². The van der Waals surface area contributed by atoms with Crippen molar-refractivity contribution in [2.24, 2.45) is 0 Å². The Morgan fingerprint density at radius 2 is 0.846 bits per heavy atom. The first-order valence-electron chi connectivity index (χ1n) is 10.8. The van der Waals surface area contributed by atoms with E-state index < -0.39 is 18.4 Å². The van der Waals surface area contributed by atoms with E-state index in [0.717, 1.165) is 0 Å². The average Bonchev–Trinajstić information content (AvgIpc) is 2.71. The Bertz CT molecular complexity index is 488. The molecule has 0 fully saturated rings. The molecule has 0 aliphatic heterocycles. The van der Waals surface area contributed by atoms with E-state index in [1.54, 1.807) is 13.3 Å². The number of benzene rings is 2. The van der Waals surface area contributed by atoms with Gasteiger partial charge in [0.05, 0.1) is 0 Å². The fraction of sp³-hybridized carbons (Fsp3) is 0.520. The molecule has 0 aromatic heterocycles. The Labute approximate surface area is 167 Å². The van der Waals surface area contributed by atoms with Crippen LogP contribution in [-0.2, 0) is 0 Å². The van der Waals surface area contributed by atoms with E-state index in [4.69, 9.17) is 0 Å². The van der Waals surface area contributed by atoms with Crippen LogP contribution in [0.3, 0.4) is 0 Å². The Hall–Kier alpha value is -0.761. The molecule has 2 aromatic rings. The smallest absolute Gasteiger partial charge is 0.0184 e. The molecule has 26 heavy (non-hydrogen) atoms. The Morgan fingerprint density at radius 1 is 0.538 bits per heavy atom. The van der Waals surface area contributed by atoms with Crippen molar-refractivity contribution in [3.63, 3.8) is 0 Å². The van der Waals surface area contributed by atoms with Crippen LogP contribution in [0.1, 0.15) is 59.3 Å². The van der Waals surface area contributed by atoms with Crippen molar-refractivity contribution in [3.05, 3.63) is 60.7 Å².